The van der Waals surface area contributed by atoms with E-state index in [1.54, 1.807) is 11.3 Å². The average Bonchev–Trinajstić information content (AvgIpc) is 2.74. The van der Waals surface area contributed by atoms with E-state index in [-0.39, 0.29) is 0 Å². The summed E-state index contributed by atoms with van der Waals surface area (Å²) in [7, 11) is 0. The summed E-state index contributed by atoms with van der Waals surface area (Å²) >= 11 is 8.11. The van der Waals surface area contributed by atoms with Crippen molar-refractivity contribution in [2.24, 2.45) is 5.92 Å². The van der Waals surface area contributed by atoms with Crippen LogP contribution in [0.1, 0.15) is 42.5 Å². The molecule has 0 saturated carbocycles. The van der Waals surface area contributed by atoms with Gasteiger partial charge in [-0.15, -0.1) is 11.3 Å². The van der Waals surface area contributed by atoms with E-state index in [1.165, 1.54) is 29.7 Å². The highest BCUT2D eigenvalue weighted by Gasteiger charge is 2.20. The highest BCUT2D eigenvalue weighted by molar-refractivity contribution is 7.18. The molecule has 0 radical (unpaired) electrons. The third-order valence-electron chi connectivity index (χ3n) is 4.58. The molecule has 2 aromatic heterocycles. The summed E-state index contributed by atoms with van der Waals surface area (Å²) in [5.41, 5.74) is 1.22. The van der Waals surface area contributed by atoms with Gasteiger partial charge in [0.05, 0.1) is 11.9 Å². The molecule has 1 aliphatic heterocycles. The van der Waals surface area contributed by atoms with Gasteiger partial charge in [-0.2, -0.15) is 0 Å². The van der Waals surface area contributed by atoms with Crippen molar-refractivity contribution in [1.29, 1.82) is 0 Å². The number of thiophene rings is 1. The van der Waals surface area contributed by atoms with Crippen molar-refractivity contribution in [2.45, 2.75) is 46.6 Å². The predicted molar refractivity (Wildman–Crippen MR) is 90.2 cm³/mol. The van der Waals surface area contributed by atoms with Crippen LogP contribution in [0.2, 0.25) is 5.15 Å². The minimum Gasteiger partial charge on any atom is -0.296 e. The molecule has 1 saturated heterocycles. The zero-order valence-corrected chi connectivity index (χ0v) is 14.5. The van der Waals surface area contributed by atoms with Crippen LogP contribution in [-0.2, 0) is 6.54 Å². The smallest absolute Gasteiger partial charge is 0.145 e. The summed E-state index contributed by atoms with van der Waals surface area (Å²) in [5, 5.41) is 1.65. The van der Waals surface area contributed by atoms with E-state index in [4.69, 9.17) is 16.6 Å². The first kappa shape index (κ1) is 15.2. The maximum atomic E-state index is 6.39. The molecule has 1 aliphatic rings. The molecule has 0 bridgehead atoms. The number of fused-ring (bicyclic) bond motifs is 1. The molecule has 3 heterocycles. The first-order chi connectivity index (χ1) is 10.1. The molecule has 0 aliphatic carbocycles. The molecule has 3 nitrogen and oxygen atoms in total. The molecule has 5 heteroatoms. The van der Waals surface area contributed by atoms with E-state index in [9.17, 15) is 0 Å². The molecule has 0 amide bonds. The number of halogens is 1. The molecule has 0 spiro atoms. The van der Waals surface area contributed by atoms with Gasteiger partial charge in [0, 0.05) is 11.4 Å². The second kappa shape index (κ2) is 6.19. The molecule has 114 valence electrons. The third-order valence-corrected chi connectivity index (χ3v) is 5.95. The first-order valence-corrected chi connectivity index (χ1v) is 8.92. The third kappa shape index (κ3) is 3.08. The second-order valence-corrected chi connectivity index (χ2v) is 7.61. The highest BCUT2D eigenvalue weighted by Crippen LogP contribution is 2.33. The van der Waals surface area contributed by atoms with Crippen molar-refractivity contribution in [3.63, 3.8) is 0 Å². The molecule has 1 atom stereocenters. The van der Waals surface area contributed by atoms with Crippen LogP contribution in [0, 0.1) is 19.8 Å². The van der Waals surface area contributed by atoms with Crippen LogP contribution in [-0.4, -0.2) is 28.0 Å². The monoisotopic (exact) mass is 323 g/mol. The summed E-state index contributed by atoms with van der Waals surface area (Å²) in [5.74, 6) is 1.69. The average molecular weight is 324 g/mol. The van der Waals surface area contributed by atoms with Crippen molar-refractivity contribution in [3.05, 3.63) is 21.4 Å². The predicted octanol–water partition coefficient (Wildman–Crippen LogP) is 4.58. The van der Waals surface area contributed by atoms with Crippen LogP contribution in [0.5, 0.6) is 0 Å². The first-order valence-electron chi connectivity index (χ1n) is 7.73. The van der Waals surface area contributed by atoms with Gasteiger partial charge in [-0.3, -0.25) is 4.90 Å². The lowest BCUT2D eigenvalue weighted by atomic mass is 9.96. The summed E-state index contributed by atoms with van der Waals surface area (Å²) < 4.78 is 0. The van der Waals surface area contributed by atoms with Gasteiger partial charge in [-0.25, -0.2) is 9.97 Å². The van der Waals surface area contributed by atoms with Gasteiger partial charge in [0.2, 0.25) is 0 Å². The van der Waals surface area contributed by atoms with Crippen molar-refractivity contribution in [1.82, 2.24) is 14.9 Å². The van der Waals surface area contributed by atoms with Gasteiger partial charge in [0.25, 0.3) is 0 Å². The number of piperidine rings is 1. The number of nitrogens with zero attached hydrogens (tertiary/aromatic N) is 3. The minimum absolute atomic E-state index is 0.612. The van der Waals surface area contributed by atoms with Crippen LogP contribution in [0.3, 0.4) is 0 Å². The Labute approximate surface area is 135 Å². The highest BCUT2D eigenvalue weighted by atomic mass is 35.5. The lowest BCUT2D eigenvalue weighted by Gasteiger charge is -2.31. The number of rotatable bonds is 3. The summed E-state index contributed by atoms with van der Waals surface area (Å²) in [6.07, 6.45) is 3.91. The number of hydrogen-bond donors (Lipinski definition) is 0. The van der Waals surface area contributed by atoms with Gasteiger partial charge >= 0.3 is 0 Å². The maximum Gasteiger partial charge on any atom is 0.145 e. The number of aryl methyl sites for hydroxylation is 2. The molecule has 0 aromatic carbocycles. The molecular formula is C16H22ClN3S. The van der Waals surface area contributed by atoms with Gasteiger partial charge < -0.3 is 0 Å². The largest absolute Gasteiger partial charge is 0.296 e. The van der Waals surface area contributed by atoms with Crippen LogP contribution >= 0.6 is 22.9 Å². The summed E-state index contributed by atoms with van der Waals surface area (Å²) in [4.78, 5) is 14.1. The molecule has 3 rings (SSSR count). The lowest BCUT2D eigenvalue weighted by Crippen LogP contribution is -2.35. The Bertz CT molecular complexity index is 652. The van der Waals surface area contributed by atoms with Crippen molar-refractivity contribution in [3.8, 4) is 0 Å². The molecule has 21 heavy (non-hydrogen) atoms. The Balaban J connectivity index is 1.84. The number of likely N-dealkylation sites (tertiary alicyclic amines) is 1. The maximum absolute atomic E-state index is 6.39. The number of hydrogen-bond acceptors (Lipinski definition) is 4. The van der Waals surface area contributed by atoms with Crippen LogP contribution in [0.15, 0.2) is 0 Å². The normalized spacial score (nSPS) is 20.3. The van der Waals surface area contributed by atoms with E-state index in [0.717, 1.165) is 41.6 Å². The standard InChI is InChI=1S/C16H22ClN3S/c1-4-12-6-5-7-20(8-12)9-13-18-15(17)14-10(2)11(3)21-16(14)19-13/h12H,4-9H2,1-3H3. The van der Waals surface area contributed by atoms with Gasteiger partial charge in [0.1, 0.15) is 15.8 Å². The topological polar surface area (TPSA) is 29.0 Å². The Kier molecular flexibility index (Phi) is 4.48. The molecular weight excluding hydrogens is 302 g/mol. The molecule has 2 aromatic rings. The fourth-order valence-electron chi connectivity index (χ4n) is 3.14. The fourth-order valence-corrected chi connectivity index (χ4v) is 4.57. The Morgan fingerprint density at radius 3 is 2.90 bits per heavy atom. The molecule has 1 fully saturated rings. The van der Waals surface area contributed by atoms with Crippen molar-refractivity contribution >= 4 is 33.2 Å². The zero-order valence-electron chi connectivity index (χ0n) is 12.9. The molecule has 0 N–H and O–H groups in total. The van der Waals surface area contributed by atoms with Gasteiger partial charge in [0.15, 0.2) is 0 Å². The quantitative estimate of drug-likeness (QED) is 0.774. The Morgan fingerprint density at radius 2 is 2.14 bits per heavy atom. The van der Waals surface area contributed by atoms with E-state index >= 15 is 0 Å². The number of aromatic nitrogens is 2. The lowest BCUT2D eigenvalue weighted by molar-refractivity contribution is 0.161. The van der Waals surface area contributed by atoms with E-state index < -0.39 is 0 Å². The Hall–Kier alpha value is -0.710. The summed E-state index contributed by atoms with van der Waals surface area (Å²) in [6.45, 7) is 9.64. The minimum atomic E-state index is 0.612. The van der Waals surface area contributed by atoms with E-state index in [1.807, 2.05) is 0 Å². The fraction of sp³-hybridized carbons (Fsp3) is 0.625. The molecule has 1 unspecified atom stereocenters. The van der Waals surface area contributed by atoms with Gasteiger partial charge in [-0.05, 0) is 44.7 Å². The van der Waals surface area contributed by atoms with Crippen molar-refractivity contribution < 1.29 is 0 Å². The van der Waals surface area contributed by atoms with Crippen LogP contribution < -0.4 is 0 Å². The van der Waals surface area contributed by atoms with Crippen molar-refractivity contribution in [2.75, 3.05) is 13.1 Å². The zero-order chi connectivity index (χ0) is 15.0. The van der Waals surface area contributed by atoms with E-state index in [0.29, 0.717) is 5.15 Å². The SMILES string of the molecule is CCC1CCCN(Cc2nc(Cl)c3c(C)c(C)sc3n2)C1. The van der Waals surface area contributed by atoms with E-state index in [2.05, 4.69) is 30.7 Å². The second-order valence-electron chi connectivity index (χ2n) is 6.05. The van der Waals surface area contributed by atoms with Crippen LogP contribution in [0.25, 0.3) is 10.2 Å². The summed E-state index contributed by atoms with van der Waals surface area (Å²) in [6, 6.07) is 0. The van der Waals surface area contributed by atoms with Crippen LogP contribution in [0.4, 0.5) is 0 Å². The van der Waals surface area contributed by atoms with Gasteiger partial charge in [-0.1, -0.05) is 24.9 Å². The Morgan fingerprint density at radius 1 is 1.33 bits per heavy atom.